The maximum atomic E-state index is 12.3. The van der Waals surface area contributed by atoms with Crippen LogP contribution in [0.1, 0.15) is 38.0 Å². The van der Waals surface area contributed by atoms with E-state index < -0.39 is 0 Å². The third kappa shape index (κ3) is 5.72. The highest BCUT2D eigenvalue weighted by atomic mass is 16.5. The minimum atomic E-state index is -0.112. The molecule has 2 atom stereocenters. The van der Waals surface area contributed by atoms with E-state index in [0.717, 1.165) is 51.7 Å². The molecule has 2 unspecified atom stereocenters. The van der Waals surface area contributed by atoms with Gasteiger partial charge in [0.05, 0.1) is 25.5 Å². The summed E-state index contributed by atoms with van der Waals surface area (Å²) in [6, 6.07) is 4.01. The monoisotopic (exact) mass is 364 g/mol. The van der Waals surface area contributed by atoms with Crippen LogP contribution in [0.2, 0.25) is 0 Å². The Bertz CT molecular complexity index is 525. The van der Waals surface area contributed by atoms with E-state index in [1.807, 2.05) is 19.1 Å². The number of likely N-dealkylation sites (tertiary alicyclic amines) is 1. The molecule has 146 valence electrons. The normalized spacial score (nSPS) is 21.9. The molecule has 0 aliphatic carbocycles. The predicted octanol–water partition coefficient (Wildman–Crippen LogP) is 1.83. The van der Waals surface area contributed by atoms with E-state index in [1.165, 1.54) is 19.3 Å². The Morgan fingerprint density at radius 2 is 1.96 bits per heavy atom. The first-order chi connectivity index (χ1) is 12.7. The van der Waals surface area contributed by atoms with Crippen molar-refractivity contribution in [1.82, 2.24) is 20.4 Å². The maximum Gasteiger partial charge on any atom is 0.315 e. The number of nitrogens with zero attached hydrogens (tertiary/aromatic N) is 2. The molecule has 2 fully saturated rings. The number of carbonyl (C=O) groups is 1. The second-order valence-corrected chi connectivity index (χ2v) is 7.30. The number of hydrogen-bond acceptors (Lipinski definition) is 5. The van der Waals surface area contributed by atoms with E-state index in [2.05, 4.69) is 20.4 Å². The molecule has 2 aliphatic heterocycles. The quantitative estimate of drug-likeness (QED) is 0.772. The number of urea groups is 1. The average molecular weight is 364 g/mol. The van der Waals surface area contributed by atoms with Crippen LogP contribution in [0.4, 0.5) is 4.79 Å². The van der Waals surface area contributed by atoms with Gasteiger partial charge in [0.25, 0.3) is 0 Å². The van der Waals surface area contributed by atoms with Gasteiger partial charge in [0.1, 0.15) is 5.76 Å². The van der Waals surface area contributed by atoms with Gasteiger partial charge in [-0.1, -0.05) is 6.42 Å². The molecule has 0 spiro atoms. The van der Waals surface area contributed by atoms with Crippen LogP contribution in [0.3, 0.4) is 0 Å². The first kappa shape index (κ1) is 19.2. The first-order valence-corrected chi connectivity index (χ1v) is 9.84. The summed E-state index contributed by atoms with van der Waals surface area (Å²) in [5.41, 5.74) is 0. The first-order valence-electron chi connectivity index (χ1n) is 9.84. The largest absolute Gasteiger partial charge is 0.468 e. The average Bonchev–Trinajstić information content (AvgIpc) is 3.18. The zero-order valence-corrected chi connectivity index (χ0v) is 15.8. The van der Waals surface area contributed by atoms with E-state index in [-0.39, 0.29) is 18.1 Å². The van der Waals surface area contributed by atoms with Crippen molar-refractivity contribution in [3.8, 4) is 0 Å². The summed E-state index contributed by atoms with van der Waals surface area (Å²) in [5, 5.41) is 6.09. The second-order valence-electron chi connectivity index (χ2n) is 7.30. The number of rotatable bonds is 7. The number of carbonyl (C=O) groups excluding carboxylic acids is 1. The van der Waals surface area contributed by atoms with Crippen molar-refractivity contribution in [2.24, 2.45) is 0 Å². The van der Waals surface area contributed by atoms with Gasteiger partial charge in [-0.25, -0.2) is 4.79 Å². The Hall–Kier alpha value is -1.57. The number of piperidine rings is 1. The van der Waals surface area contributed by atoms with Crippen molar-refractivity contribution in [2.45, 2.75) is 38.3 Å². The number of morpholine rings is 1. The Balaban J connectivity index is 1.45. The topological polar surface area (TPSA) is 70.0 Å². The number of furan rings is 1. The molecule has 2 N–H and O–H groups in total. The lowest BCUT2D eigenvalue weighted by Crippen LogP contribution is -2.50. The van der Waals surface area contributed by atoms with Crippen LogP contribution < -0.4 is 10.6 Å². The molecule has 0 aromatic carbocycles. The van der Waals surface area contributed by atoms with Crippen molar-refractivity contribution in [3.63, 3.8) is 0 Å². The Labute approximate surface area is 156 Å². The highest BCUT2D eigenvalue weighted by molar-refractivity contribution is 5.74. The highest BCUT2D eigenvalue weighted by Crippen LogP contribution is 2.24. The molecule has 0 bridgehead atoms. The molecule has 0 radical (unpaired) electrons. The summed E-state index contributed by atoms with van der Waals surface area (Å²) in [6.07, 6.45) is 5.41. The van der Waals surface area contributed by atoms with Gasteiger partial charge in [0.2, 0.25) is 0 Å². The molecular weight excluding hydrogens is 332 g/mol. The number of ether oxygens (including phenoxy) is 1. The van der Waals surface area contributed by atoms with Crippen LogP contribution in [0, 0.1) is 0 Å². The predicted molar refractivity (Wildman–Crippen MR) is 100 cm³/mol. The lowest BCUT2D eigenvalue weighted by molar-refractivity contribution is 0.0349. The van der Waals surface area contributed by atoms with Gasteiger partial charge in [-0.15, -0.1) is 0 Å². The summed E-state index contributed by atoms with van der Waals surface area (Å²) in [4.78, 5) is 17.1. The lowest BCUT2D eigenvalue weighted by Gasteiger charge is -2.33. The van der Waals surface area contributed by atoms with Gasteiger partial charge in [-0.3, -0.25) is 9.80 Å². The van der Waals surface area contributed by atoms with Gasteiger partial charge in [0.15, 0.2) is 0 Å². The van der Waals surface area contributed by atoms with Gasteiger partial charge >= 0.3 is 6.03 Å². The molecule has 1 aromatic rings. The van der Waals surface area contributed by atoms with E-state index in [0.29, 0.717) is 6.54 Å². The van der Waals surface area contributed by atoms with Gasteiger partial charge in [-0.05, 0) is 45.0 Å². The summed E-state index contributed by atoms with van der Waals surface area (Å²) >= 11 is 0. The van der Waals surface area contributed by atoms with E-state index in [4.69, 9.17) is 9.15 Å². The highest BCUT2D eigenvalue weighted by Gasteiger charge is 2.25. The van der Waals surface area contributed by atoms with Crippen molar-refractivity contribution >= 4 is 6.03 Å². The van der Waals surface area contributed by atoms with Gasteiger partial charge in [0, 0.05) is 32.2 Å². The Morgan fingerprint density at radius 3 is 2.65 bits per heavy atom. The van der Waals surface area contributed by atoms with Crippen molar-refractivity contribution < 1.29 is 13.9 Å². The third-order valence-electron chi connectivity index (χ3n) is 5.17. The van der Waals surface area contributed by atoms with E-state index in [1.54, 1.807) is 6.26 Å². The number of nitrogens with one attached hydrogen (secondary N) is 2. The van der Waals surface area contributed by atoms with E-state index in [9.17, 15) is 4.79 Å². The fourth-order valence-electron chi connectivity index (χ4n) is 3.80. The molecule has 7 heteroatoms. The summed E-state index contributed by atoms with van der Waals surface area (Å²) in [5.74, 6) is 0.925. The minimum Gasteiger partial charge on any atom is -0.468 e. The minimum absolute atomic E-state index is 0.102. The number of amides is 2. The van der Waals surface area contributed by atoms with Gasteiger partial charge < -0.3 is 19.8 Å². The number of hydrogen-bond donors (Lipinski definition) is 2. The Morgan fingerprint density at radius 1 is 1.19 bits per heavy atom. The fourth-order valence-corrected chi connectivity index (χ4v) is 3.80. The molecule has 2 saturated heterocycles. The van der Waals surface area contributed by atoms with Crippen LogP contribution >= 0.6 is 0 Å². The summed E-state index contributed by atoms with van der Waals surface area (Å²) < 4.78 is 11.0. The molecule has 7 nitrogen and oxygen atoms in total. The van der Waals surface area contributed by atoms with Crippen molar-refractivity contribution in [3.05, 3.63) is 24.2 Å². The zero-order valence-electron chi connectivity index (χ0n) is 15.8. The lowest BCUT2D eigenvalue weighted by atomic mass is 10.1. The molecule has 2 amide bonds. The van der Waals surface area contributed by atoms with Crippen LogP contribution in [-0.4, -0.2) is 74.4 Å². The van der Waals surface area contributed by atoms with Crippen molar-refractivity contribution in [1.29, 1.82) is 0 Å². The van der Waals surface area contributed by atoms with E-state index >= 15 is 0 Å². The molecular formula is C19H32N4O3. The maximum absolute atomic E-state index is 12.3. The van der Waals surface area contributed by atoms with Crippen LogP contribution in [0.5, 0.6) is 0 Å². The molecule has 0 saturated carbocycles. The Kier molecular flexibility index (Phi) is 7.34. The third-order valence-corrected chi connectivity index (χ3v) is 5.17. The van der Waals surface area contributed by atoms with Crippen molar-refractivity contribution in [2.75, 3.05) is 52.5 Å². The van der Waals surface area contributed by atoms with Crippen LogP contribution in [0.15, 0.2) is 22.8 Å². The molecule has 26 heavy (non-hydrogen) atoms. The van der Waals surface area contributed by atoms with Crippen LogP contribution in [0.25, 0.3) is 0 Å². The summed E-state index contributed by atoms with van der Waals surface area (Å²) in [7, 11) is 0. The molecule has 3 heterocycles. The second kappa shape index (κ2) is 9.94. The van der Waals surface area contributed by atoms with Crippen LogP contribution in [-0.2, 0) is 4.74 Å². The smallest absolute Gasteiger partial charge is 0.315 e. The molecule has 2 aliphatic rings. The standard InChI is InChI=1S/C19H32N4O3/c1-16(15-22-9-12-25-13-10-22)21-19(24)20-14-17(18-6-5-11-26-18)23-7-3-2-4-8-23/h5-6,11,16-17H,2-4,7-10,12-15H2,1H3,(H2,20,21,24). The van der Waals surface area contributed by atoms with Gasteiger partial charge in [-0.2, -0.15) is 0 Å². The SMILES string of the molecule is CC(CN1CCOCC1)NC(=O)NCC(c1ccco1)N1CCCCC1. The molecule has 3 rings (SSSR count). The zero-order chi connectivity index (χ0) is 18.2. The summed E-state index contributed by atoms with van der Waals surface area (Å²) in [6.45, 7) is 8.99. The fraction of sp³-hybridized carbons (Fsp3) is 0.737. The molecule has 1 aromatic heterocycles.